The molecular weight excluding hydrogens is 572 g/mol. The fourth-order valence-electron chi connectivity index (χ4n) is 7.00. The quantitative estimate of drug-likeness (QED) is 0.132. The summed E-state index contributed by atoms with van der Waals surface area (Å²) in [6.07, 6.45) is 9.24. The second kappa shape index (κ2) is 13.7. The Labute approximate surface area is 270 Å². The lowest BCUT2D eigenvalue weighted by molar-refractivity contribution is -0.126. The lowest BCUT2D eigenvalue weighted by Gasteiger charge is -2.32. The van der Waals surface area contributed by atoms with E-state index in [4.69, 9.17) is 4.98 Å². The van der Waals surface area contributed by atoms with Crippen LogP contribution in [0.15, 0.2) is 79.0 Å². The van der Waals surface area contributed by atoms with Crippen molar-refractivity contribution in [1.82, 2.24) is 20.2 Å². The van der Waals surface area contributed by atoms with Gasteiger partial charge in [-0.3, -0.25) is 19.5 Å². The zero-order valence-electron chi connectivity index (χ0n) is 26.3. The smallest absolute Gasteiger partial charge is 0.255 e. The molecule has 8 nitrogen and oxygen atoms in total. The Morgan fingerprint density at radius 2 is 1.80 bits per heavy atom. The van der Waals surface area contributed by atoms with E-state index in [1.807, 2.05) is 54.7 Å². The van der Waals surface area contributed by atoms with Gasteiger partial charge in [0, 0.05) is 71.3 Å². The molecule has 2 amide bonds. The lowest BCUT2D eigenvalue weighted by atomic mass is 9.92. The minimum Gasteiger partial charge on any atom is -0.384 e. The molecule has 3 heterocycles. The number of fused-ring (bicyclic) bond motifs is 3. The fourth-order valence-corrected chi connectivity index (χ4v) is 7.00. The summed E-state index contributed by atoms with van der Waals surface area (Å²) < 4.78 is 0. The maximum Gasteiger partial charge on any atom is 0.255 e. The molecule has 1 unspecified atom stereocenters. The molecule has 1 aliphatic carbocycles. The number of aromatic nitrogens is 2. The highest BCUT2D eigenvalue weighted by Crippen LogP contribution is 2.33. The number of hydrogen-bond donors (Lipinski definition) is 4. The highest BCUT2D eigenvalue weighted by Gasteiger charge is 2.25. The van der Waals surface area contributed by atoms with Crippen molar-refractivity contribution >= 4 is 45.0 Å². The van der Waals surface area contributed by atoms with Gasteiger partial charge in [-0.25, -0.2) is 0 Å². The first kappa shape index (κ1) is 30.0. The van der Waals surface area contributed by atoms with E-state index in [-0.39, 0.29) is 17.7 Å². The first-order chi connectivity index (χ1) is 22.6. The largest absolute Gasteiger partial charge is 0.384 e. The molecular formula is C38H42N6O2. The van der Waals surface area contributed by atoms with Crippen molar-refractivity contribution < 1.29 is 9.59 Å². The summed E-state index contributed by atoms with van der Waals surface area (Å²) in [5.74, 6) is 0.0291. The molecule has 1 aliphatic heterocycles. The van der Waals surface area contributed by atoms with Crippen LogP contribution in [0.4, 0.5) is 11.4 Å². The summed E-state index contributed by atoms with van der Waals surface area (Å²) in [7, 11) is 0. The van der Waals surface area contributed by atoms with Gasteiger partial charge < -0.3 is 20.9 Å². The van der Waals surface area contributed by atoms with Crippen molar-refractivity contribution in [2.75, 3.05) is 36.8 Å². The number of anilines is 2. The molecule has 2 aromatic heterocycles. The van der Waals surface area contributed by atoms with E-state index < -0.39 is 0 Å². The zero-order chi connectivity index (χ0) is 31.3. The minimum atomic E-state index is -0.125. The molecule has 236 valence electrons. The topological polar surface area (TPSA) is 102 Å². The first-order valence-corrected chi connectivity index (χ1v) is 16.7. The third-order valence-electron chi connectivity index (χ3n) is 9.43. The van der Waals surface area contributed by atoms with Crippen LogP contribution in [0.25, 0.3) is 21.8 Å². The average Bonchev–Trinajstić information content (AvgIpc) is 3.56. The third kappa shape index (κ3) is 6.77. The van der Waals surface area contributed by atoms with Crippen molar-refractivity contribution in [3.8, 4) is 0 Å². The molecule has 7 rings (SSSR count). The van der Waals surface area contributed by atoms with Crippen LogP contribution in [0.1, 0.15) is 59.3 Å². The zero-order valence-corrected chi connectivity index (χ0v) is 26.3. The van der Waals surface area contributed by atoms with Gasteiger partial charge >= 0.3 is 0 Å². The Balaban J connectivity index is 0.869. The van der Waals surface area contributed by atoms with Crippen LogP contribution in [0.2, 0.25) is 0 Å². The van der Waals surface area contributed by atoms with Gasteiger partial charge in [-0.2, -0.15) is 0 Å². The van der Waals surface area contributed by atoms with E-state index in [1.165, 1.54) is 35.2 Å². The number of benzene rings is 3. The van der Waals surface area contributed by atoms with E-state index in [1.54, 1.807) is 0 Å². The van der Waals surface area contributed by atoms with Crippen molar-refractivity contribution in [2.24, 2.45) is 5.92 Å². The summed E-state index contributed by atoms with van der Waals surface area (Å²) in [5, 5.41) is 12.2. The number of nitrogens with zero attached hydrogens (tertiary/aromatic N) is 2. The van der Waals surface area contributed by atoms with Crippen molar-refractivity contribution in [2.45, 2.75) is 51.5 Å². The van der Waals surface area contributed by atoms with Gasteiger partial charge in [-0.15, -0.1) is 0 Å². The lowest BCUT2D eigenvalue weighted by Crippen LogP contribution is -2.43. The number of aromatic amines is 1. The predicted molar refractivity (Wildman–Crippen MR) is 185 cm³/mol. The number of carbonyl (C=O) groups is 2. The number of likely N-dealkylation sites (tertiary alicyclic amines) is 1. The summed E-state index contributed by atoms with van der Waals surface area (Å²) in [6.45, 7) is 3.97. The molecule has 4 N–H and O–H groups in total. The van der Waals surface area contributed by atoms with Crippen LogP contribution in [0.5, 0.6) is 0 Å². The Bertz CT molecular complexity index is 1850. The number of carbonyl (C=O) groups excluding carboxylic acids is 2. The number of nitrogens with one attached hydrogen (secondary N) is 4. The van der Waals surface area contributed by atoms with Crippen LogP contribution in [0, 0.1) is 5.92 Å². The molecule has 0 spiro atoms. The van der Waals surface area contributed by atoms with Crippen LogP contribution in [0.3, 0.4) is 0 Å². The van der Waals surface area contributed by atoms with E-state index in [9.17, 15) is 9.59 Å². The Morgan fingerprint density at radius 3 is 2.72 bits per heavy atom. The van der Waals surface area contributed by atoms with Gasteiger partial charge in [0.15, 0.2) is 0 Å². The maximum atomic E-state index is 13.1. The van der Waals surface area contributed by atoms with Crippen molar-refractivity contribution in [1.29, 1.82) is 0 Å². The van der Waals surface area contributed by atoms with Crippen molar-refractivity contribution in [3.63, 3.8) is 0 Å². The van der Waals surface area contributed by atoms with Gasteiger partial charge in [0.1, 0.15) is 0 Å². The molecule has 5 aromatic rings. The van der Waals surface area contributed by atoms with Gasteiger partial charge in [0.25, 0.3) is 5.91 Å². The van der Waals surface area contributed by atoms with E-state index in [0.717, 1.165) is 86.0 Å². The normalized spacial score (nSPS) is 16.7. The molecule has 1 atom stereocenters. The summed E-state index contributed by atoms with van der Waals surface area (Å²) in [4.78, 5) is 36.4. The second-order valence-corrected chi connectivity index (χ2v) is 12.7. The van der Waals surface area contributed by atoms with E-state index in [0.29, 0.717) is 12.1 Å². The summed E-state index contributed by atoms with van der Waals surface area (Å²) in [5.41, 5.74) is 8.49. The average molecular weight is 615 g/mol. The molecule has 0 saturated carbocycles. The number of para-hydroxylation sites is 1. The molecule has 0 radical (unpaired) electrons. The molecule has 1 fully saturated rings. The first-order valence-electron chi connectivity index (χ1n) is 16.7. The summed E-state index contributed by atoms with van der Waals surface area (Å²) in [6, 6.07) is 24.0. The van der Waals surface area contributed by atoms with E-state index in [2.05, 4.69) is 50.1 Å². The third-order valence-corrected chi connectivity index (χ3v) is 9.43. The molecule has 1 saturated heterocycles. The number of amides is 2. The highest BCUT2D eigenvalue weighted by atomic mass is 16.2. The highest BCUT2D eigenvalue weighted by molar-refractivity contribution is 6.05. The standard InChI is InChI=1S/C38H42N6O2/c45-37(41-20-6-19-40-36-31-8-1-3-10-34(31)43-35-11-4-2-9-32(35)36)29-7-5-22-44(25-29)24-26-12-14-27(15-13-26)38(46)42-30-16-17-33-28(23-30)18-21-39-33/h1,3,8,10,12-18,21,23,29,39H,2,4-7,9,11,19-20,22,24-25H2,(H,40,43)(H,41,45)(H,42,46). The summed E-state index contributed by atoms with van der Waals surface area (Å²) >= 11 is 0. The Kier molecular flexibility index (Phi) is 8.96. The van der Waals surface area contributed by atoms with E-state index >= 15 is 0 Å². The SMILES string of the molecule is O=C(Nc1ccc2[nH]ccc2c1)c1ccc(CN2CCCC(C(=O)NCCCNc3c4c(nc5ccccc35)CCCC4)C2)cc1. The number of rotatable bonds is 10. The van der Waals surface area contributed by atoms with Gasteiger partial charge in [0.05, 0.1) is 11.4 Å². The molecule has 46 heavy (non-hydrogen) atoms. The minimum absolute atomic E-state index is 0.000265. The second-order valence-electron chi connectivity index (χ2n) is 12.7. The number of piperidine rings is 1. The number of aryl methyl sites for hydroxylation is 1. The van der Waals surface area contributed by atoms with Gasteiger partial charge in [-0.05, 0) is 105 Å². The number of hydrogen-bond acceptors (Lipinski definition) is 5. The Morgan fingerprint density at radius 1 is 0.935 bits per heavy atom. The Hall–Kier alpha value is -4.69. The van der Waals surface area contributed by atoms with Crippen LogP contribution in [-0.4, -0.2) is 52.9 Å². The molecule has 0 bridgehead atoms. The van der Waals surface area contributed by atoms with Crippen LogP contribution in [-0.2, 0) is 24.2 Å². The fraction of sp³-hybridized carbons (Fsp3) is 0.342. The predicted octanol–water partition coefficient (Wildman–Crippen LogP) is 6.68. The molecule has 3 aromatic carbocycles. The molecule has 8 heteroatoms. The maximum absolute atomic E-state index is 13.1. The van der Waals surface area contributed by atoms with Gasteiger partial charge in [0.2, 0.25) is 5.91 Å². The van der Waals surface area contributed by atoms with Crippen LogP contribution >= 0.6 is 0 Å². The number of pyridine rings is 1. The van der Waals surface area contributed by atoms with Crippen molar-refractivity contribution in [3.05, 3.63) is 101 Å². The monoisotopic (exact) mass is 614 g/mol. The van der Waals surface area contributed by atoms with Crippen LogP contribution < -0.4 is 16.0 Å². The molecule has 2 aliphatic rings. The van der Waals surface area contributed by atoms with Gasteiger partial charge in [-0.1, -0.05) is 30.3 Å². The number of H-pyrrole nitrogens is 1.